The predicted molar refractivity (Wildman–Crippen MR) is 84.7 cm³/mol. The zero-order chi connectivity index (χ0) is 15.7. The van der Waals surface area contributed by atoms with Crippen molar-refractivity contribution in [3.8, 4) is 5.75 Å². The van der Waals surface area contributed by atoms with Crippen molar-refractivity contribution in [1.29, 1.82) is 0 Å². The van der Waals surface area contributed by atoms with Crippen LogP contribution in [0.4, 0.5) is 0 Å². The third-order valence-corrected chi connectivity index (χ3v) is 5.36. The monoisotopic (exact) mass is 316 g/mol. The van der Waals surface area contributed by atoms with Gasteiger partial charge in [0.25, 0.3) is 10.0 Å². The molecule has 0 aliphatic heterocycles. The van der Waals surface area contributed by atoms with E-state index in [2.05, 4.69) is 4.98 Å². The molecular weight excluding hydrogens is 300 g/mol. The lowest BCUT2D eigenvalue weighted by atomic mass is 10.1. The Morgan fingerprint density at radius 2 is 1.86 bits per heavy atom. The Labute approximate surface area is 129 Å². The summed E-state index contributed by atoms with van der Waals surface area (Å²) in [6.45, 7) is 1.88. The summed E-state index contributed by atoms with van der Waals surface area (Å²) in [6.07, 6.45) is 3.52. The summed E-state index contributed by atoms with van der Waals surface area (Å²) in [6, 6.07) is 10.6. The topological polar surface area (TPSA) is 61.2 Å². The summed E-state index contributed by atoms with van der Waals surface area (Å²) < 4.78 is 32.5. The number of nitrogens with zero attached hydrogens (tertiary/aromatic N) is 2. The summed E-state index contributed by atoms with van der Waals surface area (Å²) in [5, 5.41) is 1.40. The van der Waals surface area contributed by atoms with Gasteiger partial charge in [0.15, 0.2) is 0 Å². The maximum atomic E-state index is 13.0. The van der Waals surface area contributed by atoms with Crippen LogP contribution in [0.5, 0.6) is 5.75 Å². The van der Waals surface area contributed by atoms with Crippen molar-refractivity contribution in [1.82, 2.24) is 8.96 Å². The molecule has 1 heterocycles. The quantitative estimate of drug-likeness (QED) is 0.742. The molecular formula is C16H16N2O3S. The Balaban J connectivity index is 2.31. The second kappa shape index (κ2) is 5.46. The van der Waals surface area contributed by atoms with Gasteiger partial charge in [-0.15, -0.1) is 0 Å². The third kappa shape index (κ3) is 2.16. The van der Waals surface area contributed by atoms with Gasteiger partial charge in [-0.3, -0.25) is 0 Å². The Kier molecular flexibility index (Phi) is 3.62. The molecule has 0 saturated heterocycles. The minimum absolute atomic E-state index is 0.247. The van der Waals surface area contributed by atoms with Crippen molar-refractivity contribution < 1.29 is 13.2 Å². The van der Waals surface area contributed by atoms with Crippen molar-refractivity contribution in [2.24, 2.45) is 0 Å². The van der Waals surface area contributed by atoms with Gasteiger partial charge in [0, 0.05) is 29.6 Å². The van der Waals surface area contributed by atoms with E-state index in [1.54, 1.807) is 25.3 Å². The number of hydrogen-bond donors (Lipinski definition) is 0. The van der Waals surface area contributed by atoms with E-state index < -0.39 is 10.0 Å². The van der Waals surface area contributed by atoms with Crippen LogP contribution in [0, 0.1) is 0 Å². The van der Waals surface area contributed by atoms with E-state index in [-0.39, 0.29) is 4.90 Å². The first-order valence-electron chi connectivity index (χ1n) is 6.93. The van der Waals surface area contributed by atoms with E-state index in [0.29, 0.717) is 23.4 Å². The molecule has 2 aromatic carbocycles. The maximum absolute atomic E-state index is 13.0. The van der Waals surface area contributed by atoms with Crippen LogP contribution in [0.3, 0.4) is 0 Å². The zero-order valence-corrected chi connectivity index (χ0v) is 13.2. The van der Waals surface area contributed by atoms with Crippen LogP contribution in [-0.4, -0.2) is 24.5 Å². The fourth-order valence-electron chi connectivity index (χ4n) is 2.54. The van der Waals surface area contributed by atoms with E-state index in [9.17, 15) is 8.42 Å². The van der Waals surface area contributed by atoms with Gasteiger partial charge in [-0.25, -0.2) is 17.4 Å². The van der Waals surface area contributed by atoms with Gasteiger partial charge < -0.3 is 4.74 Å². The van der Waals surface area contributed by atoms with Crippen LogP contribution in [0.25, 0.3) is 10.8 Å². The number of fused-ring (bicyclic) bond motifs is 1. The molecule has 0 bridgehead atoms. The number of aryl methyl sites for hydroxylation is 1. The molecule has 0 fully saturated rings. The van der Waals surface area contributed by atoms with Gasteiger partial charge in [0.1, 0.15) is 11.6 Å². The molecule has 3 aromatic rings. The van der Waals surface area contributed by atoms with E-state index in [1.165, 1.54) is 16.4 Å². The smallest absolute Gasteiger partial charge is 0.269 e. The van der Waals surface area contributed by atoms with E-state index in [4.69, 9.17) is 4.74 Å². The Hall–Kier alpha value is -2.34. The van der Waals surface area contributed by atoms with Crippen LogP contribution in [0.2, 0.25) is 0 Å². The lowest BCUT2D eigenvalue weighted by Gasteiger charge is -2.13. The average molecular weight is 316 g/mol. The largest absolute Gasteiger partial charge is 0.496 e. The highest BCUT2D eigenvalue weighted by atomic mass is 32.2. The molecule has 114 valence electrons. The standard InChI is InChI=1S/C16H16N2O3S/c1-3-16-17-10-11-18(16)22(19,20)15-9-8-14(21-2)12-6-4-5-7-13(12)15/h4-11H,3H2,1-2H3. The first-order valence-corrected chi connectivity index (χ1v) is 8.37. The summed E-state index contributed by atoms with van der Waals surface area (Å²) in [5.74, 6) is 1.16. The van der Waals surface area contributed by atoms with Crippen molar-refractivity contribution in [3.05, 3.63) is 54.6 Å². The van der Waals surface area contributed by atoms with E-state index in [1.807, 2.05) is 25.1 Å². The normalized spacial score (nSPS) is 11.7. The van der Waals surface area contributed by atoms with Crippen molar-refractivity contribution in [3.63, 3.8) is 0 Å². The molecule has 0 aliphatic carbocycles. The highest BCUT2D eigenvalue weighted by molar-refractivity contribution is 7.90. The number of aromatic nitrogens is 2. The first kappa shape index (κ1) is 14.6. The first-order chi connectivity index (χ1) is 10.6. The van der Waals surface area contributed by atoms with E-state index >= 15 is 0 Å². The molecule has 0 N–H and O–H groups in total. The number of methoxy groups -OCH3 is 1. The van der Waals surface area contributed by atoms with Crippen molar-refractivity contribution in [2.45, 2.75) is 18.2 Å². The van der Waals surface area contributed by atoms with Crippen LogP contribution in [0.1, 0.15) is 12.7 Å². The lowest BCUT2D eigenvalue weighted by Crippen LogP contribution is -2.15. The molecule has 6 heteroatoms. The molecule has 0 spiro atoms. The lowest BCUT2D eigenvalue weighted by molar-refractivity contribution is 0.419. The molecule has 0 amide bonds. The predicted octanol–water partition coefficient (Wildman–Crippen LogP) is 2.84. The minimum Gasteiger partial charge on any atom is -0.496 e. The molecule has 5 nitrogen and oxygen atoms in total. The summed E-state index contributed by atoms with van der Waals surface area (Å²) in [5.41, 5.74) is 0. The number of rotatable bonds is 4. The van der Waals surface area contributed by atoms with Gasteiger partial charge >= 0.3 is 0 Å². The number of ether oxygens (including phenoxy) is 1. The van der Waals surface area contributed by atoms with Crippen molar-refractivity contribution >= 4 is 20.8 Å². The minimum atomic E-state index is -3.69. The number of imidazole rings is 1. The summed E-state index contributed by atoms with van der Waals surface area (Å²) >= 11 is 0. The number of benzene rings is 2. The zero-order valence-electron chi connectivity index (χ0n) is 12.4. The Morgan fingerprint density at radius 1 is 1.14 bits per heavy atom. The highest BCUT2D eigenvalue weighted by Gasteiger charge is 2.22. The van der Waals surface area contributed by atoms with Gasteiger partial charge in [-0.05, 0) is 12.1 Å². The molecule has 3 rings (SSSR count). The third-order valence-electron chi connectivity index (χ3n) is 3.60. The van der Waals surface area contributed by atoms with Gasteiger partial charge in [-0.1, -0.05) is 31.2 Å². The average Bonchev–Trinajstić information content (AvgIpc) is 3.03. The van der Waals surface area contributed by atoms with E-state index in [0.717, 1.165) is 5.39 Å². The second-order valence-electron chi connectivity index (χ2n) is 4.81. The van der Waals surface area contributed by atoms with Crippen LogP contribution < -0.4 is 4.74 Å². The van der Waals surface area contributed by atoms with Crippen molar-refractivity contribution in [2.75, 3.05) is 7.11 Å². The van der Waals surface area contributed by atoms with Gasteiger partial charge in [-0.2, -0.15) is 0 Å². The molecule has 0 radical (unpaired) electrons. The maximum Gasteiger partial charge on any atom is 0.269 e. The van der Waals surface area contributed by atoms with Gasteiger partial charge in [0.05, 0.1) is 12.0 Å². The molecule has 0 unspecified atom stereocenters. The summed E-state index contributed by atoms with van der Waals surface area (Å²) in [4.78, 5) is 4.35. The molecule has 0 saturated carbocycles. The van der Waals surface area contributed by atoms with Crippen LogP contribution >= 0.6 is 0 Å². The fraction of sp³-hybridized carbons (Fsp3) is 0.188. The summed E-state index contributed by atoms with van der Waals surface area (Å²) in [7, 11) is -2.12. The number of hydrogen-bond acceptors (Lipinski definition) is 4. The Bertz CT molecular complexity index is 929. The molecule has 0 aliphatic rings. The molecule has 22 heavy (non-hydrogen) atoms. The fourth-order valence-corrected chi connectivity index (χ4v) is 4.12. The highest BCUT2D eigenvalue weighted by Crippen LogP contribution is 2.32. The molecule has 1 aromatic heterocycles. The second-order valence-corrected chi connectivity index (χ2v) is 6.59. The Morgan fingerprint density at radius 3 is 2.55 bits per heavy atom. The van der Waals surface area contributed by atoms with Gasteiger partial charge in [0.2, 0.25) is 0 Å². The van der Waals surface area contributed by atoms with Crippen LogP contribution in [-0.2, 0) is 16.4 Å². The SMILES string of the molecule is CCc1nccn1S(=O)(=O)c1ccc(OC)c2ccccc12. The molecule has 0 atom stereocenters. The van der Waals surface area contributed by atoms with Crippen LogP contribution in [0.15, 0.2) is 53.7 Å².